The summed E-state index contributed by atoms with van der Waals surface area (Å²) in [7, 11) is 0. The molecular weight excluding hydrogens is 444 g/mol. The molecule has 8 nitrogen and oxygen atoms in total. The summed E-state index contributed by atoms with van der Waals surface area (Å²) in [5, 5.41) is 10.9. The summed E-state index contributed by atoms with van der Waals surface area (Å²) in [6.07, 6.45) is 0. The van der Waals surface area contributed by atoms with Crippen molar-refractivity contribution in [3.63, 3.8) is 0 Å². The number of nitrogens with zero attached hydrogens (tertiary/aromatic N) is 4. The maximum absolute atomic E-state index is 13.1. The van der Waals surface area contributed by atoms with Crippen molar-refractivity contribution < 1.29 is 14.1 Å². The molecule has 1 aliphatic rings. The Hall–Kier alpha value is -3.65. The number of furan rings is 1. The van der Waals surface area contributed by atoms with Crippen LogP contribution in [0.15, 0.2) is 65.1 Å². The van der Waals surface area contributed by atoms with Gasteiger partial charge in [-0.3, -0.25) is 19.8 Å². The summed E-state index contributed by atoms with van der Waals surface area (Å²) < 4.78 is 5.98. The molecule has 0 radical (unpaired) electrons. The minimum atomic E-state index is -0.402. The van der Waals surface area contributed by atoms with E-state index in [0.717, 1.165) is 18.0 Å². The number of hydrogen-bond donors (Lipinski definition) is 0. The lowest BCUT2D eigenvalue weighted by atomic mass is 10.1. The summed E-state index contributed by atoms with van der Waals surface area (Å²) in [5.41, 5.74) is 3.55. The van der Waals surface area contributed by atoms with E-state index in [1.165, 1.54) is 23.3 Å². The first kappa shape index (κ1) is 24.5. The minimum Gasteiger partial charge on any atom is -0.455 e. The Balaban J connectivity index is 1.34. The average molecular weight is 477 g/mol. The highest BCUT2D eigenvalue weighted by Gasteiger charge is 2.25. The first-order chi connectivity index (χ1) is 16.8. The van der Waals surface area contributed by atoms with E-state index in [9.17, 15) is 14.9 Å². The summed E-state index contributed by atoms with van der Waals surface area (Å²) >= 11 is 0. The van der Waals surface area contributed by atoms with Crippen LogP contribution in [0.25, 0.3) is 0 Å². The quantitative estimate of drug-likeness (QED) is 0.341. The summed E-state index contributed by atoms with van der Waals surface area (Å²) in [5.74, 6) is 1.04. The van der Waals surface area contributed by atoms with Crippen molar-refractivity contribution in [2.24, 2.45) is 0 Å². The number of anilines is 1. The molecule has 1 amide bonds. The number of hydrogen-bond acceptors (Lipinski definition) is 6. The molecule has 1 fully saturated rings. The zero-order valence-electron chi connectivity index (χ0n) is 20.5. The Labute approximate surface area is 205 Å². The van der Waals surface area contributed by atoms with Gasteiger partial charge in [0.2, 0.25) is 0 Å². The third-order valence-electron chi connectivity index (χ3n) is 6.59. The number of piperazine rings is 1. The molecule has 1 aliphatic heterocycles. The molecule has 1 saturated heterocycles. The number of nitro benzene ring substituents is 1. The molecule has 0 aliphatic carbocycles. The van der Waals surface area contributed by atoms with Crippen LogP contribution in [0, 0.1) is 17.0 Å². The van der Waals surface area contributed by atoms with E-state index in [1.807, 2.05) is 6.07 Å². The lowest BCUT2D eigenvalue weighted by Crippen LogP contribution is -2.48. The number of non-ortho nitro benzene ring substituents is 1. The molecule has 0 unspecified atom stereocenters. The van der Waals surface area contributed by atoms with Crippen molar-refractivity contribution in [2.45, 2.75) is 39.9 Å². The molecule has 0 bridgehead atoms. The SMILES string of the molecule is Cc1ccccc1CN(Cc1ccc(C(=O)N2CCN(c3ccc([N+](=O)[O-])cc3)CC2)o1)C(C)C. The number of rotatable bonds is 8. The molecule has 8 heteroatoms. The Morgan fingerprint density at radius 2 is 1.69 bits per heavy atom. The van der Waals surface area contributed by atoms with Crippen LogP contribution >= 0.6 is 0 Å². The van der Waals surface area contributed by atoms with E-state index in [1.54, 1.807) is 23.1 Å². The molecule has 2 heterocycles. The topological polar surface area (TPSA) is 83.1 Å². The van der Waals surface area contributed by atoms with E-state index < -0.39 is 4.92 Å². The van der Waals surface area contributed by atoms with E-state index >= 15 is 0 Å². The molecule has 0 spiro atoms. The van der Waals surface area contributed by atoms with Gasteiger partial charge in [-0.25, -0.2) is 0 Å². The Morgan fingerprint density at radius 3 is 2.31 bits per heavy atom. The highest BCUT2D eigenvalue weighted by molar-refractivity contribution is 5.91. The summed E-state index contributed by atoms with van der Waals surface area (Å²) in [6.45, 7) is 10.4. The Kier molecular flexibility index (Phi) is 7.51. The first-order valence-corrected chi connectivity index (χ1v) is 12.0. The van der Waals surface area contributed by atoms with Crippen molar-refractivity contribution in [3.8, 4) is 0 Å². The lowest BCUT2D eigenvalue weighted by Gasteiger charge is -2.35. The second kappa shape index (κ2) is 10.7. The van der Waals surface area contributed by atoms with E-state index in [2.05, 4.69) is 54.8 Å². The van der Waals surface area contributed by atoms with E-state index in [0.29, 0.717) is 44.5 Å². The van der Waals surface area contributed by atoms with Crippen molar-refractivity contribution in [2.75, 3.05) is 31.1 Å². The number of amides is 1. The highest BCUT2D eigenvalue weighted by Crippen LogP contribution is 2.22. The van der Waals surface area contributed by atoms with Gasteiger partial charge in [0.15, 0.2) is 5.76 Å². The Morgan fingerprint density at radius 1 is 1.00 bits per heavy atom. The van der Waals surface area contributed by atoms with Crippen LogP contribution in [-0.4, -0.2) is 52.9 Å². The van der Waals surface area contributed by atoms with Crippen LogP contribution in [0.1, 0.15) is 41.3 Å². The third kappa shape index (κ3) is 5.89. The summed E-state index contributed by atoms with van der Waals surface area (Å²) in [4.78, 5) is 29.8. The van der Waals surface area contributed by atoms with Gasteiger partial charge in [0.05, 0.1) is 11.5 Å². The normalized spacial score (nSPS) is 14.1. The third-order valence-corrected chi connectivity index (χ3v) is 6.59. The van der Waals surface area contributed by atoms with Gasteiger partial charge in [-0.1, -0.05) is 24.3 Å². The van der Waals surface area contributed by atoms with Crippen LogP contribution in [0.4, 0.5) is 11.4 Å². The number of carbonyl (C=O) groups excluding carboxylic acids is 1. The van der Waals surface area contributed by atoms with Crippen molar-refractivity contribution in [1.82, 2.24) is 9.80 Å². The largest absolute Gasteiger partial charge is 0.455 e. The molecule has 3 aromatic rings. The average Bonchev–Trinajstić information content (AvgIpc) is 3.33. The fraction of sp³-hybridized carbons (Fsp3) is 0.370. The van der Waals surface area contributed by atoms with Gasteiger partial charge in [0.25, 0.3) is 11.6 Å². The first-order valence-electron chi connectivity index (χ1n) is 12.0. The number of benzene rings is 2. The van der Waals surface area contributed by atoms with E-state index in [4.69, 9.17) is 4.42 Å². The molecule has 0 atom stereocenters. The zero-order valence-corrected chi connectivity index (χ0v) is 20.5. The van der Waals surface area contributed by atoms with Crippen LogP contribution in [0.5, 0.6) is 0 Å². The van der Waals surface area contributed by atoms with Gasteiger partial charge >= 0.3 is 0 Å². The van der Waals surface area contributed by atoms with Crippen LogP contribution in [0.2, 0.25) is 0 Å². The van der Waals surface area contributed by atoms with Gasteiger partial charge in [-0.15, -0.1) is 0 Å². The van der Waals surface area contributed by atoms with Crippen molar-refractivity contribution in [3.05, 3.63) is 93.4 Å². The number of carbonyl (C=O) groups is 1. The summed E-state index contributed by atoms with van der Waals surface area (Å²) in [6, 6.07) is 18.9. The van der Waals surface area contributed by atoms with Crippen LogP contribution in [-0.2, 0) is 13.1 Å². The number of nitro groups is 1. The van der Waals surface area contributed by atoms with Crippen molar-refractivity contribution in [1.29, 1.82) is 0 Å². The standard InChI is InChI=1S/C27H32N4O4/c1-20(2)30(18-22-7-5-4-6-21(22)3)19-25-12-13-26(35-25)27(32)29-16-14-28(15-17-29)23-8-10-24(11-9-23)31(33)34/h4-13,20H,14-19H2,1-3H3. The molecule has 1 aromatic heterocycles. The molecular formula is C27H32N4O4. The molecule has 2 aromatic carbocycles. The van der Waals surface area contributed by atoms with Gasteiger partial charge in [-0.2, -0.15) is 0 Å². The molecule has 0 N–H and O–H groups in total. The number of aryl methyl sites for hydroxylation is 1. The van der Waals surface area contributed by atoms with Gasteiger partial charge in [-0.05, 0) is 56.2 Å². The van der Waals surface area contributed by atoms with Gasteiger partial charge in [0, 0.05) is 56.6 Å². The zero-order chi connectivity index (χ0) is 24.9. The molecule has 184 valence electrons. The van der Waals surface area contributed by atoms with Gasteiger partial charge < -0.3 is 14.2 Å². The predicted molar refractivity (Wildman–Crippen MR) is 135 cm³/mol. The van der Waals surface area contributed by atoms with Gasteiger partial charge in [0.1, 0.15) is 5.76 Å². The smallest absolute Gasteiger partial charge is 0.289 e. The fourth-order valence-electron chi connectivity index (χ4n) is 4.31. The minimum absolute atomic E-state index is 0.0751. The van der Waals surface area contributed by atoms with Crippen LogP contribution in [0.3, 0.4) is 0 Å². The highest BCUT2D eigenvalue weighted by atomic mass is 16.6. The second-order valence-electron chi connectivity index (χ2n) is 9.24. The predicted octanol–water partition coefficient (Wildman–Crippen LogP) is 4.87. The lowest BCUT2D eigenvalue weighted by molar-refractivity contribution is -0.384. The molecule has 4 rings (SSSR count). The molecule has 35 heavy (non-hydrogen) atoms. The monoisotopic (exact) mass is 476 g/mol. The second-order valence-corrected chi connectivity index (χ2v) is 9.24. The molecule has 0 saturated carbocycles. The van der Waals surface area contributed by atoms with Crippen LogP contribution < -0.4 is 4.90 Å². The Bertz CT molecular complexity index is 1160. The maximum atomic E-state index is 13.1. The van der Waals surface area contributed by atoms with Crippen molar-refractivity contribution >= 4 is 17.3 Å². The fourth-order valence-corrected chi connectivity index (χ4v) is 4.31. The maximum Gasteiger partial charge on any atom is 0.289 e. The van der Waals surface area contributed by atoms with E-state index in [-0.39, 0.29) is 11.6 Å².